The maximum absolute atomic E-state index is 5.33. The number of ether oxygens (including phenoxy) is 1. The van der Waals surface area contributed by atoms with Crippen molar-refractivity contribution in [1.29, 1.82) is 0 Å². The Morgan fingerprint density at radius 2 is 2.10 bits per heavy atom. The molecular weight excluding hydrogens is 266 g/mol. The van der Waals surface area contributed by atoms with Gasteiger partial charge in [0, 0.05) is 10.5 Å². The number of benzene rings is 2. The standard InChI is InChI=1S/C17H15NOS/c1-19-12-7-8-13-11(10-12)6-9-16-17(13)18-14-4-2-3-5-15(14)20-16/h2-5,7-8,10,16H,6,9H2,1H3/t16-/m0/s1. The molecule has 0 N–H and O–H groups in total. The summed E-state index contributed by atoms with van der Waals surface area (Å²) in [6.45, 7) is 0. The van der Waals surface area contributed by atoms with Crippen molar-refractivity contribution in [2.75, 3.05) is 7.11 Å². The lowest BCUT2D eigenvalue weighted by Crippen LogP contribution is -2.27. The zero-order valence-corrected chi connectivity index (χ0v) is 12.1. The summed E-state index contributed by atoms with van der Waals surface area (Å²) < 4.78 is 5.33. The van der Waals surface area contributed by atoms with E-state index >= 15 is 0 Å². The van der Waals surface area contributed by atoms with E-state index in [0.717, 1.165) is 24.3 Å². The van der Waals surface area contributed by atoms with Gasteiger partial charge in [0.1, 0.15) is 5.75 Å². The van der Waals surface area contributed by atoms with Crippen LogP contribution in [-0.2, 0) is 6.42 Å². The fraction of sp³-hybridized carbons (Fsp3) is 0.235. The van der Waals surface area contributed by atoms with Crippen molar-refractivity contribution in [2.45, 2.75) is 23.0 Å². The van der Waals surface area contributed by atoms with Crippen LogP contribution in [0.5, 0.6) is 5.75 Å². The number of methoxy groups -OCH3 is 1. The number of fused-ring (bicyclic) bond motifs is 4. The van der Waals surface area contributed by atoms with Crippen LogP contribution in [0.15, 0.2) is 52.4 Å². The Balaban J connectivity index is 1.85. The van der Waals surface area contributed by atoms with Gasteiger partial charge in [0.25, 0.3) is 0 Å². The van der Waals surface area contributed by atoms with Crippen LogP contribution in [0, 0.1) is 0 Å². The Kier molecular flexibility index (Phi) is 2.81. The van der Waals surface area contributed by atoms with Crippen LogP contribution in [0.3, 0.4) is 0 Å². The van der Waals surface area contributed by atoms with E-state index < -0.39 is 0 Å². The van der Waals surface area contributed by atoms with Gasteiger partial charge in [0.2, 0.25) is 0 Å². The molecule has 0 bridgehead atoms. The Labute approximate surface area is 122 Å². The summed E-state index contributed by atoms with van der Waals surface area (Å²) in [6, 6.07) is 14.8. The second kappa shape index (κ2) is 4.67. The molecule has 0 radical (unpaired) electrons. The van der Waals surface area contributed by atoms with Crippen LogP contribution in [-0.4, -0.2) is 18.1 Å². The van der Waals surface area contributed by atoms with Crippen LogP contribution in [0.25, 0.3) is 0 Å². The van der Waals surface area contributed by atoms with E-state index in [1.54, 1.807) is 7.11 Å². The molecule has 0 saturated heterocycles. The van der Waals surface area contributed by atoms with Crippen molar-refractivity contribution in [1.82, 2.24) is 0 Å². The summed E-state index contributed by atoms with van der Waals surface area (Å²) in [5, 5.41) is 0.491. The van der Waals surface area contributed by atoms with Crippen LogP contribution in [0.4, 0.5) is 5.69 Å². The van der Waals surface area contributed by atoms with Crippen molar-refractivity contribution >= 4 is 23.2 Å². The number of thioether (sulfide) groups is 1. The number of para-hydroxylation sites is 1. The molecule has 0 aromatic heterocycles. The van der Waals surface area contributed by atoms with Gasteiger partial charge in [-0.25, -0.2) is 0 Å². The van der Waals surface area contributed by atoms with Crippen molar-refractivity contribution in [2.24, 2.45) is 4.99 Å². The van der Waals surface area contributed by atoms with Gasteiger partial charge in [0.05, 0.1) is 23.8 Å². The summed E-state index contributed by atoms with van der Waals surface area (Å²) in [5.74, 6) is 0.937. The molecule has 0 fully saturated rings. The number of hydrogen-bond acceptors (Lipinski definition) is 3. The monoisotopic (exact) mass is 281 g/mol. The maximum atomic E-state index is 5.33. The van der Waals surface area contributed by atoms with Crippen LogP contribution < -0.4 is 4.74 Å². The molecule has 3 heteroatoms. The molecule has 100 valence electrons. The molecule has 0 unspecified atom stereocenters. The number of nitrogens with zero attached hydrogens (tertiary/aromatic N) is 1. The molecule has 20 heavy (non-hydrogen) atoms. The number of aryl methyl sites for hydroxylation is 1. The first-order valence-electron chi connectivity index (χ1n) is 6.87. The summed E-state index contributed by atoms with van der Waals surface area (Å²) in [7, 11) is 1.72. The number of rotatable bonds is 1. The highest BCUT2D eigenvalue weighted by Gasteiger charge is 2.30. The molecule has 1 aliphatic carbocycles. The molecule has 1 aliphatic heterocycles. The molecule has 0 saturated carbocycles. The molecule has 0 amide bonds. The zero-order valence-electron chi connectivity index (χ0n) is 11.3. The Hall–Kier alpha value is -1.74. The SMILES string of the molecule is COc1ccc2c(c1)CC[C@@H]1Sc3ccccc3N=C21. The van der Waals surface area contributed by atoms with E-state index in [4.69, 9.17) is 9.73 Å². The normalized spacial score (nSPS) is 19.4. The highest BCUT2D eigenvalue weighted by atomic mass is 32.2. The van der Waals surface area contributed by atoms with Crippen molar-refractivity contribution < 1.29 is 4.74 Å². The first-order chi connectivity index (χ1) is 9.85. The number of aliphatic imine (C=N–C) groups is 1. The van der Waals surface area contributed by atoms with E-state index in [0.29, 0.717) is 5.25 Å². The van der Waals surface area contributed by atoms with Crippen molar-refractivity contribution in [3.05, 3.63) is 53.6 Å². The van der Waals surface area contributed by atoms with Gasteiger partial charge in [0.15, 0.2) is 0 Å². The fourth-order valence-electron chi connectivity index (χ4n) is 2.93. The highest BCUT2D eigenvalue weighted by molar-refractivity contribution is 8.01. The first-order valence-corrected chi connectivity index (χ1v) is 7.74. The molecule has 2 aromatic carbocycles. The van der Waals surface area contributed by atoms with E-state index in [9.17, 15) is 0 Å². The first kappa shape index (κ1) is 12.0. The smallest absolute Gasteiger partial charge is 0.119 e. The van der Waals surface area contributed by atoms with Gasteiger partial charge < -0.3 is 4.74 Å². The third-order valence-electron chi connectivity index (χ3n) is 3.94. The molecule has 0 spiro atoms. The largest absolute Gasteiger partial charge is 0.497 e. The second-order valence-corrected chi connectivity index (χ2v) is 6.38. The van der Waals surface area contributed by atoms with Crippen LogP contribution >= 0.6 is 11.8 Å². The van der Waals surface area contributed by atoms with Crippen molar-refractivity contribution in [3.63, 3.8) is 0 Å². The highest BCUT2D eigenvalue weighted by Crippen LogP contribution is 2.43. The summed E-state index contributed by atoms with van der Waals surface area (Å²) >= 11 is 1.95. The van der Waals surface area contributed by atoms with Gasteiger partial charge in [-0.1, -0.05) is 12.1 Å². The van der Waals surface area contributed by atoms with E-state index in [2.05, 4.69) is 36.4 Å². The third-order valence-corrected chi connectivity index (χ3v) is 5.29. The zero-order chi connectivity index (χ0) is 13.5. The minimum absolute atomic E-state index is 0.491. The van der Waals surface area contributed by atoms with E-state index in [1.165, 1.54) is 21.7 Å². The minimum atomic E-state index is 0.491. The minimum Gasteiger partial charge on any atom is -0.497 e. The van der Waals surface area contributed by atoms with Gasteiger partial charge in [-0.15, -0.1) is 11.8 Å². The van der Waals surface area contributed by atoms with Gasteiger partial charge in [-0.2, -0.15) is 0 Å². The summed E-state index contributed by atoms with van der Waals surface area (Å²) in [6.07, 6.45) is 2.25. The molecule has 2 aromatic rings. The Morgan fingerprint density at radius 1 is 1.20 bits per heavy atom. The van der Waals surface area contributed by atoms with Gasteiger partial charge >= 0.3 is 0 Å². The summed E-state index contributed by atoms with van der Waals surface area (Å²) in [4.78, 5) is 6.22. The average molecular weight is 281 g/mol. The third kappa shape index (κ3) is 1.85. The maximum Gasteiger partial charge on any atom is 0.119 e. The molecular formula is C17H15NOS. The van der Waals surface area contributed by atoms with Gasteiger partial charge in [-0.3, -0.25) is 4.99 Å². The van der Waals surface area contributed by atoms with Gasteiger partial charge in [-0.05, 0) is 48.7 Å². The fourth-order valence-corrected chi connectivity index (χ4v) is 4.15. The summed E-state index contributed by atoms with van der Waals surface area (Å²) in [5.41, 5.74) is 4.99. The van der Waals surface area contributed by atoms with Crippen molar-refractivity contribution in [3.8, 4) is 5.75 Å². The lowest BCUT2D eigenvalue weighted by atomic mass is 9.89. The lowest BCUT2D eigenvalue weighted by molar-refractivity contribution is 0.414. The average Bonchev–Trinajstić information content (AvgIpc) is 2.52. The van der Waals surface area contributed by atoms with Crippen LogP contribution in [0.1, 0.15) is 17.5 Å². The van der Waals surface area contributed by atoms with E-state index in [-0.39, 0.29) is 0 Å². The topological polar surface area (TPSA) is 21.6 Å². The lowest BCUT2D eigenvalue weighted by Gasteiger charge is -2.30. The predicted molar refractivity (Wildman–Crippen MR) is 83.6 cm³/mol. The van der Waals surface area contributed by atoms with E-state index in [1.807, 2.05) is 17.8 Å². The molecule has 2 nitrogen and oxygen atoms in total. The molecule has 1 heterocycles. The molecule has 4 rings (SSSR count). The molecule has 2 aliphatic rings. The predicted octanol–water partition coefficient (Wildman–Crippen LogP) is 4.24. The quantitative estimate of drug-likeness (QED) is 0.780. The molecule has 1 atom stereocenters. The Bertz CT molecular complexity index is 708. The Morgan fingerprint density at radius 3 is 3.00 bits per heavy atom. The second-order valence-electron chi connectivity index (χ2n) is 5.13. The number of hydrogen-bond donors (Lipinski definition) is 0. The van der Waals surface area contributed by atoms with Crippen LogP contribution in [0.2, 0.25) is 0 Å².